The van der Waals surface area contributed by atoms with E-state index in [0.717, 1.165) is 67.5 Å². The zero-order valence-electron chi connectivity index (χ0n) is 19.4. The fourth-order valence-corrected chi connectivity index (χ4v) is 5.81. The van der Waals surface area contributed by atoms with Crippen LogP contribution >= 0.6 is 0 Å². The average molecular weight is 461 g/mol. The Hall–Kier alpha value is -3.19. The van der Waals surface area contributed by atoms with Gasteiger partial charge in [0.15, 0.2) is 0 Å². The number of rotatable bonds is 4. The van der Waals surface area contributed by atoms with Gasteiger partial charge in [-0.1, -0.05) is 0 Å². The SMILES string of the molecule is CC(=O)N1CCC(Cc2c(C3CCOC3)n(-c3ccc(F)cc3)c3cc4cn[nH]c4cc23)CC1. The number of halogens is 1. The molecule has 1 atom stereocenters. The van der Waals surface area contributed by atoms with Crippen LogP contribution in [0.3, 0.4) is 0 Å². The van der Waals surface area contributed by atoms with Gasteiger partial charge < -0.3 is 14.2 Å². The molecule has 2 aromatic carbocycles. The number of piperidine rings is 1. The zero-order valence-corrected chi connectivity index (χ0v) is 19.4. The highest BCUT2D eigenvalue weighted by molar-refractivity contribution is 5.98. The number of carbonyl (C=O) groups excluding carboxylic acids is 1. The van der Waals surface area contributed by atoms with Crippen molar-refractivity contribution < 1.29 is 13.9 Å². The van der Waals surface area contributed by atoms with E-state index in [-0.39, 0.29) is 11.7 Å². The van der Waals surface area contributed by atoms with Crippen molar-refractivity contribution in [3.8, 4) is 5.69 Å². The van der Waals surface area contributed by atoms with Gasteiger partial charge in [-0.05, 0) is 73.6 Å². The van der Waals surface area contributed by atoms with Crippen LogP contribution in [-0.4, -0.2) is 51.9 Å². The lowest BCUT2D eigenvalue weighted by Gasteiger charge is -2.31. The molecule has 2 fully saturated rings. The third-order valence-corrected chi connectivity index (χ3v) is 7.63. The Morgan fingerprint density at radius 1 is 1.18 bits per heavy atom. The van der Waals surface area contributed by atoms with E-state index in [4.69, 9.17) is 4.74 Å². The van der Waals surface area contributed by atoms with Gasteiger partial charge in [-0.2, -0.15) is 5.10 Å². The quantitative estimate of drug-likeness (QED) is 0.469. The maximum atomic E-state index is 13.8. The molecular formula is C27H29FN4O2. The van der Waals surface area contributed by atoms with Crippen molar-refractivity contribution in [3.05, 3.63) is 59.7 Å². The van der Waals surface area contributed by atoms with E-state index in [0.29, 0.717) is 18.4 Å². The van der Waals surface area contributed by atoms with Crippen molar-refractivity contribution in [1.29, 1.82) is 0 Å². The summed E-state index contributed by atoms with van der Waals surface area (Å²) in [5, 5.41) is 9.65. The van der Waals surface area contributed by atoms with Gasteiger partial charge in [-0.25, -0.2) is 4.39 Å². The van der Waals surface area contributed by atoms with Crippen LogP contribution < -0.4 is 0 Å². The summed E-state index contributed by atoms with van der Waals surface area (Å²) in [6, 6.07) is 11.2. The van der Waals surface area contributed by atoms with Crippen molar-refractivity contribution >= 4 is 27.7 Å². The second kappa shape index (κ2) is 8.55. The summed E-state index contributed by atoms with van der Waals surface area (Å²) in [5.41, 5.74) is 5.75. The highest BCUT2D eigenvalue weighted by atomic mass is 19.1. The predicted octanol–water partition coefficient (Wildman–Crippen LogP) is 4.95. The van der Waals surface area contributed by atoms with Crippen LogP contribution in [0.25, 0.3) is 27.5 Å². The molecule has 0 aliphatic carbocycles. The number of ether oxygens (including phenoxy) is 1. The van der Waals surface area contributed by atoms with Crippen LogP contribution in [-0.2, 0) is 16.0 Å². The van der Waals surface area contributed by atoms with E-state index in [2.05, 4.69) is 26.9 Å². The molecule has 4 heterocycles. The predicted molar refractivity (Wildman–Crippen MR) is 130 cm³/mol. The van der Waals surface area contributed by atoms with Crippen molar-refractivity contribution in [3.63, 3.8) is 0 Å². The van der Waals surface area contributed by atoms with Gasteiger partial charge >= 0.3 is 0 Å². The van der Waals surface area contributed by atoms with Crippen molar-refractivity contribution in [2.75, 3.05) is 26.3 Å². The molecule has 34 heavy (non-hydrogen) atoms. The number of benzene rings is 2. The molecule has 7 heteroatoms. The summed E-state index contributed by atoms with van der Waals surface area (Å²) in [7, 11) is 0. The molecular weight excluding hydrogens is 431 g/mol. The second-order valence-electron chi connectivity index (χ2n) is 9.72. The minimum absolute atomic E-state index is 0.164. The average Bonchev–Trinajstić information content (AvgIpc) is 3.58. The Morgan fingerprint density at radius 3 is 2.68 bits per heavy atom. The van der Waals surface area contributed by atoms with Crippen molar-refractivity contribution in [2.45, 2.75) is 38.5 Å². The molecule has 0 radical (unpaired) electrons. The van der Waals surface area contributed by atoms with E-state index in [9.17, 15) is 9.18 Å². The van der Waals surface area contributed by atoms with Gasteiger partial charge in [0.1, 0.15) is 5.82 Å². The molecule has 4 aromatic rings. The largest absolute Gasteiger partial charge is 0.381 e. The lowest BCUT2D eigenvalue weighted by molar-refractivity contribution is -0.130. The first-order valence-corrected chi connectivity index (χ1v) is 12.2. The van der Waals surface area contributed by atoms with Crippen LogP contribution in [0, 0.1) is 11.7 Å². The Labute approximate surface area is 197 Å². The van der Waals surface area contributed by atoms with E-state index in [1.54, 1.807) is 6.92 Å². The number of likely N-dealkylation sites (tertiary alicyclic amines) is 1. The summed E-state index contributed by atoms with van der Waals surface area (Å²) < 4.78 is 22.0. The topological polar surface area (TPSA) is 63.1 Å². The van der Waals surface area contributed by atoms with Gasteiger partial charge in [0.2, 0.25) is 5.91 Å². The van der Waals surface area contributed by atoms with Gasteiger partial charge in [0, 0.05) is 54.7 Å². The summed E-state index contributed by atoms with van der Waals surface area (Å²) in [6.45, 7) is 4.76. The third kappa shape index (κ3) is 3.68. The lowest BCUT2D eigenvalue weighted by atomic mass is 9.86. The van der Waals surface area contributed by atoms with Gasteiger partial charge in [-0.15, -0.1) is 0 Å². The molecule has 1 amide bonds. The first-order valence-electron chi connectivity index (χ1n) is 12.2. The summed E-state index contributed by atoms with van der Waals surface area (Å²) in [4.78, 5) is 13.8. The molecule has 2 aliphatic rings. The molecule has 1 N–H and O–H groups in total. The molecule has 0 spiro atoms. The number of H-pyrrole nitrogens is 1. The zero-order chi connectivity index (χ0) is 23.2. The first kappa shape index (κ1) is 21.4. The summed E-state index contributed by atoms with van der Waals surface area (Å²) in [5.74, 6) is 0.736. The Morgan fingerprint density at radius 2 is 1.97 bits per heavy atom. The number of fused-ring (bicyclic) bond motifs is 2. The number of aromatic nitrogens is 3. The molecule has 6 nitrogen and oxygen atoms in total. The van der Waals surface area contributed by atoms with Crippen LogP contribution in [0.15, 0.2) is 42.6 Å². The highest BCUT2D eigenvalue weighted by Crippen LogP contribution is 2.41. The first-order chi connectivity index (χ1) is 16.6. The fraction of sp³-hybridized carbons (Fsp3) is 0.407. The standard InChI is InChI=1S/C27H29FN4O2/c1-17(33)31-9-6-18(7-10-31)12-24-23-14-25-20(15-29-30-25)13-26(23)32(22-4-2-21(28)3-5-22)27(24)19-8-11-34-16-19/h2-5,13-15,18-19H,6-12,16H2,1H3,(H,29,30). The third-order valence-electron chi connectivity index (χ3n) is 7.63. The monoisotopic (exact) mass is 460 g/mol. The van der Waals surface area contributed by atoms with Crippen LogP contribution in [0.4, 0.5) is 4.39 Å². The molecule has 0 bridgehead atoms. The number of nitrogens with one attached hydrogen (secondary N) is 1. The maximum absolute atomic E-state index is 13.8. The molecule has 1 unspecified atom stereocenters. The maximum Gasteiger partial charge on any atom is 0.219 e. The fourth-order valence-electron chi connectivity index (χ4n) is 5.81. The van der Waals surface area contributed by atoms with Gasteiger partial charge in [-0.3, -0.25) is 9.89 Å². The molecule has 2 saturated heterocycles. The van der Waals surface area contributed by atoms with Gasteiger partial charge in [0.25, 0.3) is 0 Å². The molecule has 6 rings (SSSR count). The summed E-state index contributed by atoms with van der Waals surface area (Å²) >= 11 is 0. The lowest BCUT2D eigenvalue weighted by Crippen LogP contribution is -2.37. The minimum atomic E-state index is -0.236. The van der Waals surface area contributed by atoms with Crippen LogP contribution in [0.1, 0.15) is 43.4 Å². The number of hydrogen-bond acceptors (Lipinski definition) is 3. The number of nitrogens with zero attached hydrogens (tertiary/aromatic N) is 3. The number of carbonyl (C=O) groups is 1. The Kier molecular flexibility index (Phi) is 5.37. The second-order valence-corrected chi connectivity index (χ2v) is 9.72. The van der Waals surface area contributed by atoms with E-state index >= 15 is 0 Å². The normalized spacial score (nSPS) is 19.5. The molecule has 2 aromatic heterocycles. The number of amides is 1. The summed E-state index contributed by atoms with van der Waals surface area (Å²) in [6.07, 6.45) is 5.81. The van der Waals surface area contributed by atoms with E-state index < -0.39 is 0 Å². The minimum Gasteiger partial charge on any atom is -0.381 e. The number of aromatic amines is 1. The van der Waals surface area contributed by atoms with Crippen molar-refractivity contribution in [1.82, 2.24) is 19.7 Å². The van der Waals surface area contributed by atoms with Gasteiger partial charge in [0.05, 0.1) is 23.8 Å². The molecule has 0 saturated carbocycles. The van der Waals surface area contributed by atoms with Crippen molar-refractivity contribution in [2.24, 2.45) is 5.92 Å². The smallest absolute Gasteiger partial charge is 0.219 e. The Bertz CT molecular complexity index is 1340. The van der Waals surface area contributed by atoms with Crippen LogP contribution in [0.5, 0.6) is 0 Å². The van der Waals surface area contributed by atoms with E-state index in [1.165, 1.54) is 28.8 Å². The highest BCUT2D eigenvalue weighted by Gasteiger charge is 2.31. The van der Waals surface area contributed by atoms with Crippen LogP contribution in [0.2, 0.25) is 0 Å². The molecule has 2 aliphatic heterocycles. The Balaban J connectivity index is 1.52. The van der Waals surface area contributed by atoms with E-state index in [1.807, 2.05) is 23.2 Å². The number of hydrogen-bond donors (Lipinski definition) is 1. The molecule has 176 valence electrons.